The van der Waals surface area contributed by atoms with Crippen LogP contribution in [0.3, 0.4) is 0 Å². The van der Waals surface area contributed by atoms with Crippen LogP contribution in [0.2, 0.25) is 0 Å². The van der Waals surface area contributed by atoms with Crippen LogP contribution in [0.25, 0.3) is 0 Å². The van der Waals surface area contributed by atoms with Gasteiger partial charge in [-0.15, -0.1) is 0 Å². The Morgan fingerprint density at radius 2 is 1.72 bits per heavy atom. The second-order valence-electron chi connectivity index (χ2n) is 7.09. The van der Waals surface area contributed by atoms with Crippen LogP contribution in [0, 0.1) is 5.92 Å². The molecule has 18 heavy (non-hydrogen) atoms. The van der Waals surface area contributed by atoms with Crippen molar-refractivity contribution in [3.63, 3.8) is 0 Å². The molecule has 0 aromatic carbocycles. The number of carbonyl (C=O) groups is 1. The predicted molar refractivity (Wildman–Crippen MR) is 71.1 cm³/mol. The van der Waals surface area contributed by atoms with Crippen molar-refractivity contribution < 1.29 is 9.53 Å². The van der Waals surface area contributed by atoms with Crippen molar-refractivity contribution in [2.45, 2.75) is 64.2 Å². The molecule has 2 rings (SSSR count). The minimum absolute atomic E-state index is 0.129. The lowest BCUT2D eigenvalue weighted by atomic mass is 9.96. The minimum Gasteiger partial charge on any atom is -0.366 e. The molecule has 4 heteroatoms. The van der Waals surface area contributed by atoms with Gasteiger partial charge in [0.15, 0.2) is 0 Å². The molecule has 2 fully saturated rings. The normalized spacial score (nSPS) is 34.6. The summed E-state index contributed by atoms with van der Waals surface area (Å²) < 4.78 is 6.01. The summed E-state index contributed by atoms with van der Waals surface area (Å²) in [7, 11) is 0. The molecule has 2 atom stereocenters. The second kappa shape index (κ2) is 4.49. The number of amides is 1. The molecule has 1 heterocycles. The molecule has 0 aromatic heterocycles. The highest BCUT2D eigenvalue weighted by Gasteiger charge is 2.42. The summed E-state index contributed by atoms with van der Waals surface area (Å²) in [6, 6.07) is 0.209. The van der Waals surface area contributed by atoms with E-state index in [0.29, 0.717) is 13.1 Å². The first-order valence-electron chi connectivity index (χ1n) is 6.93. The molecule has 1 amide bonds. The van der Waals surface area contributed by atoms with Crippen molar-refractivity contribution >= 4 is 5.91 Å². The Morgan fingerprint density at radius 1 is 1.17 bits per heavy atom. The fourth-order valence-electron chi connectivity index (χ4n) is 3.44. The Hall–Kier alpha value is -0.610. The molecule has 2 N–H and O–H groups in total. The molecule has 1 aliphatic carbocycles. The molecule has 0 aromatic rings. The van der Waals surface area contributed by atoms with Gasteiger partial charge in [0.25, 0.3) is 0 Å². The summed E-state index contributed by atoms with van der Waals surface area (Å²) in [4.78, 5) is 14.5. The Morgan fingerprint density at radius 3 is 2.17 bits per heavy atom. The molecule has 0 spiro atoms. The van der Waals surface area contributed by atoms with E-state index in [0.717, 1.165) is 19.3 Å². The molecular weight excluding hydrogens is 228 g/mol. The summed E-state index contributed by atoms with van der Waals surface area (Å²) in [6.45, 7) is 9.56. The van der Waals surface area contributed by atoms with E-state index in [1.807, 2.05) is 4.90 Å². The molecule has 4 nitrogen and oxygen atoms in total. The number of rotatable bonds is 1. The topological polar surface area (TPSA) is 55.6 Å². The molecule has 1 saturated heterocycles. The van der Waals surface area contributed by atoms with Gasteiger partial charge in [-0.25, -0.2) is 0 Å². The van der Waals surface area contributed by atoms with Gasteiger partial charge in [0.1, 0.15) is 0 Å². The van der Waals surface area contributed by atoms with E-state index in [-0.39, 0.29) is 29.1 Å². The lowest BCUT2D eigenvalue weighted by Gasteiger charge is -2.47. The minimum atomic E-state index is -0.266. The highest BCUT2D eigenvalue weighted by molar-refractivity contribution is 5.79. The van der Waals surface area contributed by atoms with Gasteiger partial charge in [-0.1, -0.05) is 0 Å². The Bertz CT molecular complexity index is 323. The van der Waals surface area contributed by atoms with Gasteiger partial charge in [0, 0.05) is 25.0 Å². The Kier molecular flexibility index (Phi) is 3.45. The van der Waals surface area contributed by atoms with Crippen molar-refractivity contribution in [2.24, 2.45) is 11.7 Å². The van der Waals surface area contributed by atoms with Crippen LogP contribution < -0.4 is 5.73 Å². The zero-order valence-corrected chi connectivity index (χ0v) is 12.0. The lowest BCUT2D eigenvalue weighted by molar-refractivity contribution is -0.189. The van der Waals surface area contributed by atoms with Crippen molar-refractivity contribution in [3.05, 3.63) is 0 Å². The zero-order valence-electron chi connectivity index (χ0n) is 12.0. The molecule has 2 unspecified atom stereocenters. The molecule has 1 saturated carbocycles. The van der Waals surface area contributed by atoms with Crippen molar-refractivity contribution in [3.8, 4) is 0 Å². The van der Waals surface area contributed by atoms with Crippen LogP contribution in [0.1, 0.15) is 47.0 Å². The average molecular weight is 254 g/mol. The largest absolute Gasteiger partial charge is 0.366 e. The number of ether oxygens (including phenoxy) is 1. The highest BCUT2D eigenvalue weighted by Crippen LogP contribution is 2.32. The van der Waals surface area contributed by atoms with Gasteiger partial charge < -0.3 is 15.4 Å². The van der Waals surface area contributed by atoms with Crippen LogP contribution in [0.4, 0.5) is 0 Å². The standard InChI is InChI=1S/C14H26N2O2/c1-13(2)8-16(9-14(3,4)18-13)12(17)10-5-6-11(15)7-10/h10-11H,5-9,15H2,1-4H3. The van der Waals surface area contributed by atoms with Gasteiger partial charge in [0.2, 0.25) is 5.91 Å². The van der Waals surface area contributed by atoms with Gasteiger partial charge in [-0.3, -0.25) is 4.79 Å². The van der Waals surface area contributed by atoms with Crippen LogP contribution >= 0.6 is 0 Å². The SMILES string of the molecule is CC1(C)CN(C(=O)C2CCC(N)C2)CC(C)(C)O1. The van der Waals surface area contributed by atoms with Crippen LogP contribution in [-0.2, 0) is 9.53 Å². The van der Waals surface area contributed by atoms with Crippen LogP contribution in [-0.4, -0.2) is 41.1 Å². The number of nitrogens with zero attached hydrogens (tertiary/aromatic N) is 1. The summed E-state index contributed by atoms with van der Waals surface area (Å²) in [5.74, 6) is 0.400. The van der Waals surface area contributed by atoms with E-state index in [4.69, 9.17) is 10.5 Å². The monoisotopic (exact) mass is 254 g/mol. The van der Waals surface area contributed by atoms with E-state index in [2.05, 4.69) is 27.7 Å². The molecule has 0 radical (unpaired) electrons. The smallest absolute Gasteiger partial charge is 0.225 e. The maximum absolute atomic E-state index is 12.5. The number of hydrogen-bond donors (Lipinski definition) is 1. The van der Waals surface area contributed by atoms with E-state index >= 15 is 0 Å². The Balaban J connectivity index is 2.06. The maximum atomic E-state index is 12.5. The first-order valence-corrected chi connectivity index (χ1v) is 6.93. The second-order valence-corrected chi connectivity index (χ2v) is 7.09. The third-order valence-electron chi connectivity index (χ3n) is 3.83. The van der Waals surface area contributed by atoms with Gasteiger partial charge in [0.05, 0.1) is 11.2 Å². The number of morpholine rings is 1. The van der Waals surface area contributed by atoms with Crippen molar-refractivity contribution in [1.29, 1.82) is 0 Å². The van der Waals surface area contributed by atoms with Crippen molar-refractivity contribution in [2.75, 3.05) is 13.1 Å². The van der Waals surface area contributed by atoms with Crippen molar-refractivity contribution in [1.82, 2.24) is 4.90 Å². The van der Waals surface area contributed by atoms with Gasteiger partial charge >= 0.3 is 0 Å². The first-order chi connectivity index (χ1) is 8.19. The fraction of sp³-hybridized carbons (Fsp3) is 0.929. The predicted octanol–water partition coefficient (Wildman–Crippen LogP) is 1.53. The third kappa shape index (κ3) is 3.04. The summed E-state index contributed by atoms with van der Waals surface area (Å²) >= 11 is 0. The molecule has 0 bridgehead atoms. The number of nitrogens with two attached hydrogens (primary N) is 1. The third-order valence-corrected chi connectivity index (χ3v) is 3.83. The van der Waals surface area contributed by atoms with E-state index < -0.39 is 0 Å². The van der Waals surface area contributed by atoms with Gasteiger partial charge in [-0.2, -0.15) is 0 Å². The van der Waals surface area contributed by atoms with Crippen LogP contribution in [0.5, 0.6) is 0 Å². The number of carbonyl (C=O) groups excluding carboxylic acids is 1. The maximum Gasteiger partial charge on any atom is 0.225 e. The van der Waals surface area contributed by atoms with Crippen LogP contribution in [0.15, 0.2) is 0 Å². The molecule has 1 aliphatic heterocycles. The van der Waals surface area contributed by atoms with E-state index in [1.165, 1.54) is 0 Å². The molecular formula is C14H26N2O2. The molecule has 2 aliphatic rings. The number of hydrogen-bond acceptors (Lipinski definition) is 3. The summed E-state index contributed by atoms with van der Waals surface area (Å²) in [5.41, 5.74) is 5.37. The fourth-order valence-corrected chi connectivity index (χ4v) is 3.44. The quantitative estimate of drug-likeness (QED) is 0.772. The first kappa shape index (κ1) is 13.8. The van der Waals surface area contributed by atoms with Gasteiger partial charge in [-0.05, 0) is 47.0 Å². The molecule has 104 valence electrons. The Labute approximate surface area is 110 Å². The lowest BCUT2D eigenvalue weighted by Crippen LogP contribution is -2.59. The summed E-state index contributed by atoms with van der Waals surface area (Å²) in [6.07, 6.45) is 2.77. The van der Waals surface area contributed by atoms with E-state index in [9.17, 15) is 4.79 Å². The average Bonchev–Trinajstić information content (AvgIpc) is 2.58. The zero-order chi connectivity index (χ0) is 13.6. The summed E-state index contributed by atoms with van der Waals surface area (Å²) in [5, 5.41) is 0. The van der Waals surface area contributed by atoms with E-state index in [1.54, 1.807) is 0 Å². The highest BCUT2D eigenvalue weighted by atomic mass is 16.5.